The summed E-state index contributed by atoms with van der Waals surface area (Å²) in [5, 5.41) is 0. The number of halogens is 2. The molecule has 0 fully saturated rings. The molecule has 1 aliphatic carbocycles. The predicted molar refractivity (Wildman–Crippen MR) is 49.5 cm³/mol. The first-order chi connectivity index (χ1) is 4.74. The second-order valence-corrected chi connectivity index (χ2v) is 4.03. The lowest BCUT2D eigenvalue weighted by Crippen LogP contribution is -2.21. The fraction of sp³-hybridized carbons (Fsp3) is 0.333. The second kappa shape index (κ2) is 3.55. The van der Waals surface area contributed by atoms with Crippen LogP contribution in [-0.4, -0.2) is 0 Å². The van der Waals surface area contributed by atoms with Gasteiger partial charge < -0.3 is 5.43 Å². The summed E-state index contributed by atoms with van der Waals surface area (Å²) in [6, 6.07) is 0. The van der Waals surface area contributed by atoms with E-state index in [1.165, 1.54) is 4.48 Å². The third-order valence-electron chi connectivity index (χ3n) is 1.33. The van der Waals surface area contributed by atoms with Gasteiger partial charge in [0.2, 0.25) is 0 Å². The average molecular weight is 268 g/mol. The van der Waals surface area contributed by atoms with Gasteiger partial charge >= 0.3 is 0 Å². The molecule has 10 heavy (non-hydrogen) atoms. The number of hydrogen-bond acceptors (Lipinski definition) is 2. The molecule has 0 spiro atoms. The van der Waals surface area contributed by atoms with Crippen LogP contribution in [-0.2, 0) is 0 Å². The number of rotatable bonds is 1. The highest BCUT2D eigenvalue weighted by Crippen LogP contribution is 2.28. The van der Waals surface area contributed by atoms with Crippen molar-refractivity contribution in [3.05, 3.63) is 20.7 Å². The van der Waals surface area contributed by atoms with Crippen LogP contribution in [0.4, 0.5) is 0 Å². The van der Waals surface area contributed by atoms with E-state index >= 15 is 0 Å². The zero-order valence-electron chi connectivity index (χ0n) is 5.32. The Balaban J connectivity index is 2.82. The molecule has 0 saturated carbocycles. The van der Waals surface area contributed by atoms with Gasteiger partial charge in [0.15, 0.2) is 0 Å². The summed E-state index contributed by atoms with van der Waals surface area (Å²) in [6.07, 6.45) is 4.04. The minimum atomic E-state index is 0.957. The first-order valence-electron chi connectivity index (χ1n) is 2.95. The Morgan fingerprint density at radius 2 is 2.10 bits per heavy atom. The van der Waals surface area contributed by atoms with Gasteiger partial charge in [-0.15, -0.1) is 0 Å². The smallest absolute Gasteiger partial charge is 0.0594 e. The number of hydrazine groups is 1. The minimum absolute atomic E-state index is 0.957. The molecule has 0 unspecified atom stereocenters. The van der Waals surface area contributed by atoms with Gasteiger partial charge in [-0.25, -0.2) is 0 Å². The number of nitrogens with one attached hydrogen (secondary N) is 1. The molecule has 0 aromatic rings. The number of allylic oxidation sites excluding steroid dienone is 3. The van der Waals surface area contributed by atoms with Crippen LogP contribution in [0.1, 0.15) is 12.8 Å². The van der Waals surface area contributed by atoms with E-state index in [0.717, 1.165) is 23.0 Å². The molecule has 2 nitrogen and oxygen atoms in total. The van der Waals surface area contributed by atoms with Gasteiger partial charge in [0.05, 0.1) is 5.70 Å². The third-order valence-corrected chi connectivity index (χ3v) is 2.78. The predicted octanol–water partition coefficient (Wildman–Crippen LogP) is 2.13. The van der Waals surface area contributed by atoms with Crippen LogP contribution in [0.2, 0.25) is 0 Å². The maximum Gasteiger partial charge on any atom is 0.0594 e. The van der Waals surface area contributed by atoms with E-state index in [1.807, 2.05) is 6.08 Å². The molecule has 3 N–H and O–H groups in total. The summed E-state index contributed by atoms with van der Waals surface area (Å²) in [5.41, 5.74) is 3.57. The van der Waals surface area contributed by atoms with Gasteiger partial charge in [-0.3, -0.25) is 5.84 Å². The number of nitrogens with two attached hydrogens (primary N) is 1. The summed E-state index contributed by atoms with van der Waals surface area (Å²) in [4.78, 5) is 0. The van der Waals surface area contributed by atoms with Crippen LogP contribution in [0.3, 0.4) is 0 Å². The standard InChI is InChI=1S/C6H8Br2N2/c7-4-1-2-5(8)6(3-4)10-9/h3,10H,1-2,9H2. The molecular formula is C6H8Br2N2. The Labute approximate surface area is 76.8 Å². The van der Waals surface area contributed by atoms with Crippen molar-refractivity contribution in [2.24, 2.45) is 5.84 Å². The highest BCUT2D eigenvalue weighted by atomic mass is 79.9. The molecule has 56 valence electrons. The second-order valence-electron chi connectivity index (χ2n) is 2.05. The largest absolute Gasteiger partial charge is 0.323 e. The zero-order chi connectivity index (χ0) is 7.56. The lowest BCUT2D eigenvalue weighted by atomic mass is 10.1. The maximum atomic E-state index is 5.25. The van der Waals surface area contributed by atoms with Gasteiger partial charge in [-0.2, -0.15) is 0 Å². The Kier molecular flexibility index (Phi) is 2.95. The van der Waals surface area contributed by atoms with Crippen LogP contribution in [0.25, 0.3) is 0 Å². The van der Waals surface area contributed by atoms with Crippen molar-refractivity contribution < 1.29 is 0 Å². The van der Waals surface area contributed by atoms with E-state index in [2.05, 4.69) is 37.3 Å². The van der Waals surface area contributed by atoms with Crippen molar-refractivity contribution in [2.75, 3.05) is 0 Å². The molecule has 0 radical (unpaired) electrons. The summed E-state index contributed by atoms with van der Waals surface area (Å²) in [5.74, 6) is 5.25. The van der Waals surface area contributed by atoms with Crippen LogP contribution in [0.15, 0.2) is 20.7 Å². The summed E-state index contributed by atoms with van der Waals surface area (Å²) < 4.78 is 2.32. The molecule has 0 atom stereocenters. The maximum absolute atomic E-state index is 5.25. The fourth-order valence-electron chi connectivity index (χ4n) is 0.791. The van der Waals surface area contributed by atoms with Crippen LogP contribution < -0.4 is 11.3 Å². The summed E-state index contributed by atoms with van der Waals surface area (Å²) in [7, 11) is 0. The molecule has 0 aliphatic heterocycles. The third kappa shape index (κ3) is 1.84. The Bertz CT molecular complexity index is 196. The van der Waals surface area contributed by atoms with E-state index in [9.17, 15) is 0 Å². The molecule has 0 aromatic heterocycles. The minimum Gasteiger partial charge on any atom is -0.323 e. The lowest BCUT2D eigenvalue weighted by Gasteiger charge is -2.12. The Morgan fingerprint density at radius 3 is 2.60 bits per heavy atom. The lowest BCUT2D eigenvalue weighted by molar-refractivity contribution is 0.866. The first kappa shape index (κ1) is 8.30. The van der Waals surface area contributed by atoms with Gasteiger partial charge in [0.1, 0.15) is 0 Å². The monoisotopic (exact) mass is 266 g/mol. The van der Waals surface area contributed by atoms with E-state index < -0.39 is 0 Å². The molecule has 0 amide bonds. The normalized spacial score (nSPS) is 18.9. The highest BCUT2D eigenvalue weighted by molar-refractivity contribution is 9.12. The quantitative estimate of drug-likeness (QED) is 0.564. The molecule has 0 heterocycles. The molecule has 1 rings (SSSR count). The van der Waals surface area contributed by atoms with Gasteiger partial charge in [0, 0.05) is 4.48 Å². The van der Waals surface area contributed by atoms with E-state index in [-0.39, 0.29) is 0 Å². The van der Waals surface area contributed by atoms with E-state index in [4.69, 9.17) is 5.84 Å². The fourth-order valence-corrected chi connectivity index (χ4v) is 1.65. The topological polar surface area (TPSA) is 38.0 Å². The highest BCUT2D eigenvalue weighted by Gasteiger charge is 2.07. The average Bonchev–Trinajstić information content (AvgIpc) is 1.94. The van der Waals surface area contributed by atoms with Gasteiger partial charge in [0.25, 0.3) is 0 Å². The number of hydrogen-bond donors (Lipinski definition) is 2. The molecule has 0 aromatic carbocycles. The molecule has 0 saturated heterocycles. The van der Waals surface area contributed by atoms with E-state index in [0.29, 0.717) is 0 Å². The van der Waals surface area contributed by atoms with Gasteiger partial charge in [-0.1, -0.05) is 31.9 Å². The molecule has 1 aliphatic rings. The first-order valence-corrected chi connectivity index (χ1v) is 4.54. The van der Waals surface area contributed by atoms with Crippen LogP contribution in [0, 0.1) is 0 Å². The van der Waals surface area contributed by atoms with Gasteiger partial charge in [-0.05, 0) is 23.4 Å². The van der Waals surface area contributed by atoms with Crippen molar-refractivity contribution in [3.8, 4) is 0 Å². The van der Waals surface area contributed by atoms with E-state index in [1.54, 1.807) is 0 Å². The zero-order valence-corrected chi connectivity index (χ0v) is 8.50. The van der Waals surface area contributed by atoms with Crippen LogP contribution in [0.5, 0.6) is 0 Å². The van der Waals surface area contributed by atoms with Crippen molar-refractivity contribution >= 4 is 31.9 Å². The SMILES string of the molecule is NNC1=C(Br)CCC(Br)=C1. The molecular weight excluding hydrogens is 260 g/mol. The van der Waals surface area contributed by atoms with Crippen LogP contribution >= 0.6 is 31.9 Å². The van der Waals surface area contributed by atoms with Crippen molar-refractivity contribution in [1.82, 2.24) is 5.43 Å². The van der Waals surface area contributed by atoms with Crippen molar-refractivity contribution in [2.45, 2.75) is 12.8 Å². The summed E-state index contributed by atoms with van der Waals surface area (Å²) in [6.45, 7) is 0. The molecule has 4 heteroatoms. The Hall–Kier alpha value is 0.200. The Morgan fingerprint density at radius 1 is 1.40 bits per heavy atom. The molecule has 0 bridgehead atoms. The van der Waals surface area contributed by atoms with Crippen molar-refractivity contribution in [1.29, 1.82) is 0 Å². The van der Waals surface area contributed by atoms with Crippen molar-refractivity contribution in [3.63, 3.8) is 0 Å². The summed E-state index contributed by atoms with van der Waals surface area (Å²) >= 11 is 6.82.